The maximum atomic E-state index is 6.66. The Morgan fingerprint density at radius 2 is 1.30 bits per heavy atom. The highest BCUT2D eigenvalue weighted by molar-refractivity contribution is 4.89. The van der Waals surface area contributed by atoms with Gasteiger partial charge in [-0.3, -0.25) is 0 Å². The number of nitrogens with two attached hydrogens (primary N) is 1. The summed E-state index contributed by atoms with van der Waals surface area (Å²) in [6, 6.07) is 0.494. The highest BCUT2D eigenvalue weighted by Gasteiger charge is 2.35. The van der Waals surface area contributed by atoms with Crippen molar-refractivity contribution in [1.29, 1.82) is 0 Å². The molecular weight excluding hydrogens is 242 g/mol. The number of hydrogen-bond acceptors (Lipinski definition) is 1. The van der Waals surface area contributed by atoms with Gasteiger partial charge in [0.2, 0.25) is 0 Å². The van der Waals surface area contributed by atoms with E-state index >= 15 is 0 Å². The highest BCUT2D eigenvalue weighted by atomic mass is 14.7. The lowest BCUT2D eigenvalue weighted by atomic mass is 9.66. The minimum atomic E-state index is 0.494. The Morgan fingerprint density at radius 3 is 1.70 bits per heavy atom. The fourth-order valence-corrected chi connectivity index (χ4v) is 4.74. The minimum Gasteiger partial charge on any atom is -0.327 e. The quantitative estimate of drug-likeness (QED) is 0.737. The summed E-state index contributed by atoms with van der Waals surface area (Å²) in [5.41, 5.74) is 7.16. The van der Waals surface area contributed by atoms with Gasteiger partial charge in [0.15, 0.2) is 0 Å². The molecule has 2 aliphatic carbocycles. The minimum absolute atomic E-state index is 0.494. The zero-order chi connectivity index (χ0) is 14.8. The van der Waals surface area contributed by atoms with Gasteiger partial charge in [-0.25, -0.2) is 0 Å². The normalized spacial score (nSPS) is 37.6. The topological polar surface area (TPSA) is 26.0 Å². The summed E-state index contributed by atoms with van der Waals surface area (Å²) >= 11 is 0. The molecule has 0 aliphatic heterocycles. The summed E-state index contributed by atoms with van der Waals surface area (Å²) in [6.07, 6.45) is 12.6. The number of rotatable bonds is 3. The van der Waals surface area contributed by atoms with E-state index in [-0.39, 0.29) is 0 Å². The average Bonchev–Trinajstić information content (AvgIpc) is 2.46. The molecule has 1 unspecified atom stereocenters. The third-order valence-corrected chi connectivity index (χ3v) is 6.55. The van der Waals surface area contributed by atoms with Crippen LogP contribution in [0.1, 0.15) is 85.5 Å². The second-order valence-corrected chi connectivity index (χ2v) is 8.74. The predicted molar refractivity (Wildman–Crippen MR) is 88.6 cm³/mol. The average molecular weight is 280 g/mol. The van der Waals surface area contributed by atoms with Gasteiger partial charge in [-0.05, 0) is 67.6 Å². The smallest absolute Gasteiger partial charge is 0.00956 e. The first-order chi connectivity index (χ1) is 9.41. The zero-order valence-corrected chi connectivity index (χ0v) is 14.3. The van der Waals surface area contributed by atoms with E-state index in [9.17, 15) is 0 Å². The molecule has 0 aromatic rings. The van der Waals surface area contributed by atoms with Crippen LogP contribution in [0.2, 0.25) is 0 Å². The molecule has 1 atom stereocenters. The molecule has 2 saturated carbocycles. The Balaban J connectivity index is 1.79. The van der Waals surface area contributed by atoms with E-state index in [1.54, 1.807) is 0 Å². The first-order valence-corrected chi connectivity index (χ1v) is 9.17. The Bertz CT molecular complexity index is 275. The molecule has 0 spiro atoms. The molecule has 0 bridgehead atoms. The zero-order valence-electron chi connectivity index (χ0n) is 14.3. The summed E-state index contributed by atoms with van der Waals surface area (Å²) in [7, 11) is 0. The second-order valence-electron chi connectivity index (χ2n) is 8.74. The number of hydrogen-bond donors (Lipinski definition) is 1. The van der Waals surface area contributed by atoms with Crippen LogP contribution < -0.4 is 5.73 Å². The molecule has 0 saturated heterocycles. The maximum Gasteiger partial charge on any atom is 0.00956 e. The molecule has 1 nitrogen and oxygen atoms in total. The predicted octanol–water partition coefficient (Wildman–Crippen LogP) is 5.38. The van der Waals surface area contributed by atoms with Crippen LogP contribution in [-0.4, -0.2) is 6.04 Å². The van der Waals surface area contributed by atoms with Crippen LogP contribution in [-0.2, 0) is 0 Å². The van der Waals surface area contributed by atoms with Gasteiger partial charge in [0, 0.05) is 6.04 Å². The Hall–Kier alpha value is -0.0400. The lowest BCUT2D eigenvalue weighted by Gasteiger charge is -2.41. The van der Waals surface area contributed by atoms with Crippen LogP contribution >= 0.6 is 0 Å². The van der Waals surface area contributed by atoms with Crippen molar-refractivity contribution in [3.63, 3.8) is 0 Å². The van der Waals surface area contributed by atoms with E-state index in [1.165, 1.54) is 57.8 Å². The van der Waals surface area contributed by atoms with Crippen molar-refractivity contribution in [1.82, 2.24) is 0 Å². The fourth-order valence-electron chi connectivity index (χ4n) is 4.74. The van der Waals surface area contributed by atoms with Crippen LogP contribution in [0.25, 0.3) is 0 Å². The van der Waals surface area contributed by atoms with Gasteiger partial charge < -0.3 is 5.73 Å². The molecule has 0 aromatic heterocycles. The van der Waals surface area contributed by atoms with Crippen LogP contribution in [0.5, 0.6) is 0 Å². The van der Waals surface area contributed by atoms with Crippen LogP contribution in [0.15, 0.2) is 0 Å². The second kappa shape index (κ2) is 6.81. The van der Waals surface area contributed by atoms with Gasteiger partial charge in [0.1, 0.15) is 0 Å². The largest absolute Gasteiger partial charge is 0.327 e. The monoisotopic (exact) mass is 279 g/mol. The Labute approximate surface area is 127 Å². The molecule has 0 heterocycles. The van der Waals surface area contributed by atoms with Gasteiger partial charge >= 0.3 is 0 Å². The van der Waals surface area contributed by atoms with Crippen LogP contribution in [0.4, 0.5) is 0 Å². The molecule has 20 heavy (non-hydrogen) atoms. The lowest BCUT2D eigenvalue weighted by molar-refractivity contribution is 0.114. The molecule has 0 amide bonds. The van der Waals surface area contributed by atoms with E-state index in [0.717, 1.165) is 23.7 Å². The third-order valence-electron chi connectivity index (χ3n) is 6.55. The van der Waals surface area contributed by atoms with Crippen molar-refractivity contribution in [2.75, 3.05) is 0 Å². The van der Waals surface area contributed by atoms with E-state index in [0.29, 0.717) is 11.5 Å². The highest BCUT2D eigenvalue weighted by Crippen LogP contribution is 2.43. The van der Waals surface area contributed by atoms with E-state index in [2.05, 4.69) is 27.7 Å². The van der Waals surface area contributed by atoms with Crippen molar-refractivity contribution in [2.24, 2.45) is 34.8 Å². The molecule has 2 aliphatic rings. The summed E-state index contributed by atoms with van der Waals surface area (Å²) in [4.78, 5) is 0. The van der Waals surface area contributed by atoms with Crippen LogP contribution in [0, 0.1) is 29.1 Å². The first kappa shape index (κ1) is 16.3. The van der Waals surface area contributed by atoms with Crippen molar-refractivity contribution in [2.45, 2.75) is 91.5 Å². The van der Waals surface area contributed by atoms with Crippen molar-refractivity contribution < 1.29 is 0 Å². The molecule has 2 fully saturated rings. The first-order valence-electron chi connectivity index (χ1n) is 9.17. The molecular formula is C19H37N. The van der Waals surface area contributed by atoms with Gasteiger partial charge in [0.25, 0.3) is 0 Å². The fraction of sp³-hybridized carbons (Fsp3) is 1.00. The van der Waals surface area contributed by atoms with Crippen molar-refractivity contribution in [3.05, 3.63) is 0 Å². The molecule has 1 heteroatoms. The summed E-state index contributed by atoms with van der Waals surface area (Å²) in [5, 5.41) is 0. The van der Waals surface area contributed by atoms with E-state index in [4.69, 9.17) is 5.73 Å². The summed E-state index contributed by atoms with van der Waals surface area (Å²) < 4.78 is 0. The molecule has 2 rings (SSSR count). The van der Waals surface area contributed by atoms with E-state index in [1.807, 2.05) is 0 Å². The molecule has 0 radical (unpaired) electrons. The maximum absolute atomic E-state index is 6.66. The third kappa shape index (κ3) is 4.00. The van der Waals surface area contributed by atoms with Gasteiger partial charge in [-0.1, -0.05) is 47.0 Å². The molecule has 0 aromatic carbocycles. The summed E-state index contributed by atoms with van der Waals surface area (Å²) in [5.74, 6) is 3.56. The molecule has 2 N–H and O–H groups in total. The lowest BCUT2D eigenvalue weighted by Crippen LogP contribution is -2.42. The van der Waals surface area contributed by atoms with Crippen molar-refractivity contribution in [3.8, 4) is 0 Å². The Kier molecular flexibility index (Phi) is 5.56. The van der Waals surface area contributed by atoms with Gasteiger partial charge in [-0.2, -0.15) is 0 Å². The van der Waals surface area contributed by atoms with E-state index < -0.39 is 0 Å². The summed E-state index contributed by atoms with van der Waals surface area (Å²) in [6.45, 7) is 9.57. The SMILES string of the molecule is CCC1CCC(C(N)C2CCC(C(C)(C)C)CC2)CC1. The standard InChI is InChI=1S/C19H37N/c1-5-14-6-8-15(9-7-14)18(20)16-10-12-17(13-11-16)19(2,3)4/h14-18H,5-13,20H2,1-4H3. The Morgan fingerprint density at radius 1 is 0.850 bits per heavy atom. The van der Waals surface area contributed by atoms with Crippen molar-refractivity contribution >= 4 is 0 Å². The van der Waals surface area contributed by atoms with Crippen LogP contribution in [0.3, 0.4) is 0 Å². The van der Waals surface area contributed by atoms with Gasteiger partial charge in [-0.15, -0.1) is 0 Å². The molecule has 118 valence electrons. The van der Waals surface area contributed by atoms with Gasteiger partial charge in [0.05, 0.1) is 0 Å².